The number of Topliss-reactive ketones (excluding diaryl/α,β-unsaturated/α-hetero) is 1. The van der Waals surface area contributed by atoms with Crippen molar-refractivity contribution >= 4 is 5.78 Å². The summed E-state index contributed by atoms with van der Waals surface area (Å²) in [6, 6.07) is 0. The number of alkyl halides is 3. The molecule has 1 aliphatic heterocycles. The van der Waals surface area contributed by atoms with Crippen LogP contribution in [-0.2, 0) is 4.79 Å². The predicted octanol–water partition coefficient (Wildman–Crippen LogP) is 0.788. The number of likely N-dealkylation sites (tertiary alicyclic amines) is 1. The van der Waals surface area contributed by atoms with Crippen molar-refractivity contribution in [2.75, 3.05) is 26.2 Å². The van der Waals surface area contributed by atoms with Gasteiger partial charge in [-0.15, -0.1) is 0 Å². The van der Waals surface area contributed by atoms with E-state index in [-0.39, 0.29) is 0 Å². The van der Waals surface area contributed by atoms with Crippen molar-refractivity contribution in [1.29, 1.82) is 0 Å². The Bertz CT molecular complexity index is 222. The van der Waals surface area contributed by atoms with Crippen LogP contribution >= 0.6 is 0 Å². The van der Waals surface area contributed by atoms with Crippen LogP contribution in [0.5, 0.6) is 0 Å². The Morgan fingerprint density at radius 1 is 1.33 bits per heavy atom. The van der Waals surface area contributed by atoms with Gasteiger partial charge in [0.1, 0.15) is 0 Å². The smallest absolute Gasteiger partial charge is 0.330 e. The Morgan fingerprint density at radius 3 is 2.27 bits per heavy atom. The molecule has 1 aliphatic rings. The Hall–Kier alpha value is -0.620. The number of carbonyl (C=O) groups is 1. The van der Waals surface area contributed by atoms with Gasteiger partial charge in [-0.25, -0.2) is 0 Å². The fraction of sp³-hybridized carbons (Fsp3) is 0.889. The third-order valence-corrected chi connectivity index (χ3v) is 2.72. The molecule has 1 saturated heterocycles. The normalized spacial score (nSPS) is 20.5. The molecule has 0 bridgehead atoms. The summed E-state index contributed by atoms with van der Waals surface area (Å²) in [5.74, 6) is -1.27. The highest BCUT2D eigenvalue weighted by Crippen LogP contribution is 2.19. The lowest BCUT2D eigenvalue weighted by atomic mass is 9.97. The van der Waals surface area contributed by atoms with Crippen molar-refractivity contribution in [3.05, 3.63) is 0 Å². The fourth-order valence-electron chi connectivity index (χ4n) is 1.67. The zero-order valence-electron chi connectivity index (χ0n) is 8.39. The van der Waals surface area contributed by atoms with Gasteiger partial charge in [-0.05, 0) is 38.4 Å². The minimum Gasteiger partial charge on any atom is -0.330 e. The zero-order chi connectivity index (χ0) is 11.5. The Labute approximate surface area is 86.4 Å². The summed E-state index contributed by atoms with van der Waals surface area (Å²) in [6.45, 7) is 1.12. The first-order chi connectivity index (χ1) is 6.93. The number of hydrogen-bond acceptors (Lipinski definition) is 3. The van der Waals surface area contributed by atoms with Gasteiger partial charge < -0.3 is 5.73 Å². The van der Waals surface area contributed by atoms with Crippen LogP contribution in [-0.4, -0.2) is 43.0 Å². The molecule has 0 amide bonds. The maximum atomic E-state index is 12.0. The van der Waals surface area contributed by atoms with E-state index in [1.54, 1.807) is 4.90 Å². The van der Waals surface area contributed by atoms with Gasteiger partial charge in [0.15, 0.2) is 0 Å². The van der Waals surface area contributed by atoms with E-state index in [4.69, 9.17) is 5.73 Å². The topological polar surface area (TPSA) is 46.3 Å². The lowest BCUT2D eigenvalue weighted by molar-refractivity contribution is -0.172. The Kier molecular flexibility index (Phi) is 4.10. The average Bonchev–Trinajstić information content (AvgIpc) is 2.17. The molecule has 88 valence electrons. The van der Waals surface area contributed by atoms with E-state index in [1.165, 1.54) is 0 Å². The molecule has 0 aromatic rings. The first-order valence-corrected chi connectivity index (χ1v) is 4.96. The van der Waals surface area contributed by atoms with Gasteiger partial charge in [0, 0.05) is 0 Å². The van der Waals surface area contributed by atoms with Gasteiger partial charge in [0.25, 0.3) is 0 Å². The summed E-state index contributed by atoms with van der Waals surface area (Å²) in [4.78, 5) is 12.2. The largest absolute Gasteiger partial charge is 0.451 e. The minimum atomic E-state index is -4.70. The molecular weight excluding hydrogens is 209 g/mol. The van der Waals surface area contributed by atoms with Crippen LogP contribution in [0.3, 0.4) is 0 Å². The van der Waals surface area contributed by atoms with Gasteiger partial charge in [-0.3, -0.25) is 9.69 Å². The van der Waals surface area contributed by atoms with Crippen molar-refractivity contribution in [1.82, 2.24) is 4.90 Å². The van der Waals surface area contributed by atoms with E-state index in [9.17, 15) is 18.0 Å². The van der Waals surface area contributed by atoms with Crippen LogP contribution in [0.1, 0.15) is 12.8 Å². The summed E-state index contributed by atoms with van der Waals surface area (Å²) in [5, 5.41) is 0. The minimum absolute atomic E-state index is 0.391. The van der Waals surface area contributed by atoms with E-state index < -0.39 is 18.5 Å². The molecule has 1 heterocycles. The van der Waals surface area contributed by atoms with E-state index in [0.717, 1.165) is 12.8 Å². The van der Waals surface area contributed by atoms with Crippen molar-refractivity contribution < 1.29 is 18.0 Å². The van der Waals surface area contributed by atoms with Crippen molar-refractivity contribution in [2.45, 2.75) is 19.0 Å². The van der Waals surface area contributed by atoms with Crippen LogP contribution in [0, 0.1) is 5.92 Å². The number of ketones is 1. The quantitative estimate of drug-likeness (QED) is 0.771. The van der Waals surface area contributed by atoms with Crippen LogP contribution in [0.4, 0.5) is 13.2 Å². The van der Waals surface area contributed by atoms with Crippen molar-refractivity contribution in [3.8, 4) is 0 Å². The number of carbonyl (C=O) groups excluding carboxylic acids is 1. The van der Waals surface area contributed by atoms with E-state index in [1.807, 2.05) is 0 Å². The number of halogens is 3. The van der Waals surface area contributed by atoms with E-state index >= 15 is 0 Å². The fourth-order valence-corrected chi connectivity index (χ4v) is 1.67. The molecule has 1 fully saturated rings. The molecule has 3 nitrogen and oxygen atoms in total. The van der Waals surface area contributed by atoms with Gasteiger partial charge in [-0.2, -0.15) is 13.2 Å². The molecule has 6 heteroatoms. The number of nitrogens with two attached hydrogens (primary N) is 1. The highest BCUT2D eigenvalue weighted by molar-refractivity contribution is 5.85. The third-order valence-electron chi connectivity index (χ3n) is 2.72. The molecule has 0 aromatic heterocycles. The lowest BCUT2D eigenvalue weighted by Crippen LogP contribution is -2.42. The highest BCUT2D eigenvalue weighted by atomic mass is 19.4. The van der Waals surface area contributed by atoms with Crippen LogP contribution in [0.25, 0.3) is 0 Å². The molecule has 0 spiro atoms. The van der Waals surface area contributed by atoms with Gasteiger partial charge in [0.05, 0.1) is 6.54 Å². The van der Waals surface area contributed by atoms with Crippen LogP contribution in [0.2, 0.25) is 0 Å². The Balaban J connectivity index is 2.33. The third kappa shape index (κ3) is 3.79. The van der Waals surface area contributed by atoms with Crippen LogP contribution < -0.4 is 5.73 Å². The van der Waals surface area contributed by atoms with Crippen molar-refractivity contribution in [2.24, 2.45) is 11.7 Å². The number of hydrogen-bond donors (Lipinski definition) is 1. The highest BCUT2D eigenvalue weighted by Gasteiger charge is 2.39. The molecule has 0 aliphatic carbocycles. The average molecular weight is 224 g/mol. The molecule has 0 saturated carbocycles. The van der Waals surface area contributed by atoms with E-state index in [2.05, 4.69) is 0 Å². The molecule has 1 rings (SSSR count). The maximum Gasteiger partial charge on any atom is 0.451 e. The lowest BCUT2D eigenvalue weighted by Gasteiger charge is -2.30. The summed E-state index contributed by atoms with van der Waals surface area (Å²) in [6.07, 6.45) is -3.14. The summed E-state index contributed by atoms with van der Waals surface area (Å²) in [5.41, 5.74) is 5.45. The molecule has 0 radical (unpaired) electrons. The molecule has 0 aromatic carbocycles. The Morgan fingerprint density at radius 2 is 1.87 bits per heavy atom. The predicted molar refractivity (Wildman–Crippen MR) is 49.3 cm³/mol. The molecular formula is C9H15F3N2O. The number of piperidine rings is 1. The van der Waals surface area contributed by atoms with E-state index in [0.29, 0.717) is 25.6 Å². The maximum absolute atomic E-state index is 12.0. The number of nitrogens with zero attached hydrogens (tertiary/aromatic N) is 1. The molecule has 0 atom stereocenters. The summed E-state index contributed by atoms with van der Waals surface area (Å²) in [7, 11) is 0. The standard InChI is InChI=1S/C9H15F3N2O/c10-9(11,12)8(15)6-14-3-1-7(5-13)2-4-14/h7H,1-6,13H2. The monoisotopic (exact) mass is 224 g/mol. The summed E-state index contributed by atoms with van der Waals surface area (Å²) < 4.78 is 35.9. The second kappa shape index (κ2) is 4.94. The number of rotatable bonds is 3. The second-order valence-corrected chi connectivity index (χ2v) is 3.88. The molecule has 0 unspecified atom stereocenters. The second-order valence-electron chi connectivity index (χ2n) is 3.88. The first-order valence-electron chi connectivity index (χ1n) is 4.96. The SMILES string of the molecule is NCC1CCN(CC(=O)C(F)(F)F)CC1. The van der Waals surface area contributed by atoms with Gasteiger partial charge >= 0.3 is 6.18 Å². The molecule has 2 N–H and O–H groups in total. The van der Waals surface area contributed by atoms with Crippen molar-refractivity contribution in [3.63, 3.8) is 0 Å². The first kappa shape index (κ1) is 12.4. The van der Waals surface area contributed by atoms with Crippen LogP contribution in [0.15, 0.2) is 0 Å². The van der Waals surface area contributed by atoms with Gasteiger partial charge in [0.2, 0.25) is 5.78 Å². The summed E-state index contributed by atoms with van der Waals surface area (Å²) >= 11 is 0. The van der Waals surface area contributed by atoms with Gasteiger partial charge in [-0.1, -0.05) is 0 Å². The molecule has 15 heavy (non-hydrogen) atoms. The zero-order valence-corrected chi connectivity index (χ0v) is 8.39.